The minimum Gasteiger partial charge on any atom is -0.490 e. The van der Waals surface area contributed by atoms with Crippen molar-refractivity contribution in [3.8, 4) is 5.75 Å². The number of nitro benzene ring substituents is 1. The van der Waals surface area contributed by atoms with E-state index in [1.165, 1.54) is 13.2 Å². The quantitative estimate of drug-likeness (QED) is 0.617. The number of rotatable bonds is 6. The van der Waals surface area contributed by atoms with Crippen molar-refractivity contribution >= 4 is 17.3 Å². The number of ether oxygens (including phenoxy) is 1. The normalized spacial score (nSPS) is 18.2. The lowest BCUT2D eigenvalue weighted by Gasteiger charge is -2.30. The van der Waals surface area contributed by atoms with Gasteiger partial charge in [0.25, 0.3) is 0 Å². The van der Waals surface area contributed by atoms with Gasteiger partial charge in [0.1, 0.15) is 0 Å². The molecule has 1 atom stereocenters. The SMILES string of the molecule is COc1cc(N2CCCCC(CC(=O)NC(C)C)CC2)ccc1[N+](=O)[O-]. The van der Waals surface area contributed by atoms with Crippen LogP contribution in [0.5, 0.6) is 5.75 Å². The monoisotopic (exact) mass is 363 g/mol. The van der Waals surface area contributed by atoms with Crippen LogP contribution in [0.25, 0.3) is 0 Å². The zero-order valence-electron chi connectivity index (χ0n) is 15.9. The van der Waals surface area contributed by atoms with E-state index in [4.69, 9.17) is 4.74 Å². The number of hydrogen-bond acceptors (Lipinski definition) is 5. The summed E-state index contributed by atoms with van der Waals surface area (Å²) in [6.07, 6.45) is 4.70. The first-order valence-electron chi connectivity index (χ1n) is 9.27. The number of nitrogens with zero attached hydrogens (tertiary/aromatic N) is 2. The molecule has 1 heterocycles. The van der Waals surface area contributed by atoms with E-state index in [9.17, 15) is 14.9 Å². The number of methoxy groups -OCH3 is 1. The van der Waals surface area contributed by atoms with E-state index in [0.29, 0.717) is 12.3 Å². The van der Waals surface area contributed by atoms with Crippen LogP contribution in [0.15, 0.2) is 18.2 Å². The molecule has 1 aromatic rings. The highest BCUT2D eigenvalue weighted by molar-refractivity contribution is 5.76. The summed E-state index contributed by atoms with van der Waals surface area (Å²) in [5.41, 5.74) is 0.909. The van der Waals surface area contributed by atoms with Crippen LogP contribution in [-0.2, 0) is 4.79 Å². The molecule has 1 fully saturated rings. The Kier molecular flexibility index (Phi) is 7.24. The summed E-state index contributed by atoms with van der Waals surface area (Å²) in [6.45, 7) is 5.69. The number of nitrogens with one attached hydrogen (secondary N) is 1. The zero-order valence-corrected chi connectivity index (χ0v) is 15.9. The fourth-order valence-corrected chi connectivity index (χ4v) is 3.45. The first kappa shape index (κ1) is 20.0. The molecule has 1 aliphatic rings. The van der Waals surface area contributed by atoms with Gasteiger partial charge in [0, 0.05) is 43.4 Å². The fraction of sp³-hybridized carbons (Fsp3) is 0.632. The van der Waals surface area contributed by atoms with Crippen molar-refractivity contribution in [3.63, 3.8) is 0 Å². The second-order valence-electron chi connectivity index (χ2n) is 7.18. The van der Waals surface area contributed by atoms with Crippen molar-refractivity contribution in [1.82, 2.24) is 5.32 Å². The molecule has 0 saturated carbocycles. The van der Waals surface area contributed by atoms with Crippen LogP contribution < -0.4 is 15.0 Å². The minimum absolute atomic E-state index is 0.0217. The van der Waals surface area contributed by atoms with Crippen molar-refractivity contribution < 1.29 is 14.5 Å². The van der Waals surface area contributed by atoms with Crippen LogP contribution in [0.2, 0.25) is 0 Å². The van der Waals surface area contributed by atoms with E-state index in [1.54, 1.807) is 12.1 Å². The van der Waals surface area contributed by atoms with Crippen molar-refractivity contribution in [1.29, 1.82) is 0 Å². The van der Waals surface area contributed by atoms with Crippen LogP contribution in [0.4, 0.5) is 11.4 Å². The largest absolute Gasteiger partial charge is 0.490 e. The standard InChI is InChI=1S/C19H29N3O4/c1-14(2)20-19(23)12-15-6-4-5-10-21(11-9-15)16-7-8-17(22(24)25)18(13-16)26-3/h7-8,13-15H,4-6,9-12H2,1-3H3,(H,20,23). The Morgan fingerprint density at radius 3 is 2.77 bits per heavy atom. The van der Waals surface area contributed by atoms with Crippen LogP contribution in [0, 0.1) is 16.0 Å². The van der Waals surface area contributed by atoms with E-state index < -0.39 is 4.92 Å². The summed E-state index contributed by atoms with van der Waals surface area (Å²) in [6, 6.07) is 5.18. The molecular formula is C19H29N3O4. The summed E-state index contributed by atoms with van der Waals surface area (Å²) in [7, 11) is 1.45. The maximum Gasteiger partial charge on any atom is 0.311 e. The molecule has 7 nitrogen and oxygen atoms in total. The van der Waals surface area contributed by atoms with Crippen LogP contribution in [0.1, 0.15) is 46.0 Å². The Morgan fingerprint density at radius 2 is 2.12 bits per heavy atom. The highest BCUT2D eigenvalue weighted by Crippen LogP contribution is 2.32. The van der Waals surface area contributed by atoms with Gasteiger partial charge in [-0.05, 0) is 45.1 Å². The Hall–Kier alpha value is -2.31. The molecule has 7 heteroatoms. The number of nitro groups is 1. The smallest absolute Gasteiger partial charge is 0.311 e. The molecule has 0 radical (unpaired) electrons. The summed E-state index contributed by atoms with van der Waals surface area (Å²) in [4.78, 5) is 24.9. The molecule has 0 spiro atoms. The van der Waals surface area contributed by atoms with E-state index >= 15 is 0 Å². The average molecular weight is 363 g/mol. The van der Waals surface area contributed by atoms with Gasteiger partial charge in [-0.25, -0.2) is 0 Å². The summed E-state index contributed by atoms with van der Waals surface area (Å²) < 4.78 is 5.18. The molecule has 0 bridgehead atoms. The van der Waals surface area contributed by atoms with Gasteiger partial charge in [-0.3, -0.25) is 14.9 Å². The van der Waals surface area contributed by atoms with Crippen LogP contribution in [-0.4, -0.2) is 37.1 Å². The molecule has 1 aromatic carbocycles. The van der Waals surface area contributed by atoms with Gasteiger partial charge in [0.15, 0.2) is 5.75 Å². The lowest BCUT2D eigenvalue weighted by Crippen LogP contribution is -2.34. The molecule has 1 unspecified atom stereocenters. The molecule has 2 rings (SSSR count). The van der Waals surface area contributed by atoms with Gasteiger partial charge >= 0.3 is 5.69 Å². The number of hydrogen-bond donors (Lipinski definition) is 1. The lowest BCUT2D eigenvalue weighted by atomic mass is 9.92. The van der Waals surface area contributed by atoms with E-state index in [2.05, 4.69) is 10.2 Å². The highest BCUT2D eigenvalue weighted by Gasteiger charge is 2.21. The third-order valence-corrected chi connectivity index (χ3v) is 4.75. The molecule has 1 N–H and O–H groups in total. The van der Waals surface area contributed by atoms with Crippen molar-refractivity contribution in [2.75, 3.05) is 25.1 Å². The molecule has 1 aliphatic heterocycles. The third kappa shape index (κ3) is 5.61. The van der Waals surface area contributed by atoms with Gasteiger partial charge in [-0.1, -0.05) is 6.42 Å². The minimum atomic E-state index is -0.431. The molecule has 0 aromatic heterocycles. The van der Waals surface area contributed by atoms with E-state index in [1.807, 2.05) is 13.8 Å². The number of carbonyl (C=O) groups excluding carboxylic acids is 1. The van der Waals surface area contributed by atoms with Crippen molar-refractivity contribution in [3.05, 3.63) is 28.3 Å². The first-order valence-corrected chi connectivity index (χ1v) is 9.27. The summed E-state index contributed by atoms with van der Waals surface area (Å²) in [5, 5.41) is 14.0. The average Bonchev–Trinajstić information content (AvgIpc) is 2.56. The van der Waals surface area contributed by atoms with Gasteiger partial charge in [-0.2, -0.15) is 0 Å². The fourth-order valence-electron chi connectivity index (χ4n) is 3.45. The molecular weight excluding hydrogens is 334 g/mol. The van der Waals surface area contributed by atoms with Crippen molar-refractivity contribution in [2.45, 2.75) is 52.0 Å². The maximum absolute atomic E-state index is 12.1. The molecule has 144 valence electrons. The zero-order chi connectivity index (χ0) is 19.1. The van der Waals surface area contributed by atoms with Crippen LogP contribution >= 0.6 is 0 Å². The molecule has 1 amide bonds. The number of benzene rings is 1. The lowest BCUT2D eigenvalue weighted by molar-refractivity contribution is -0.385. The molecule has 26 heavy (non-hydrogen) atoms. The second kappa shape index (κ2) is 9.40. The van der Waals surface area contributed by atoms with Crippen LogP contribution in [0.3, 0.4) is 0 Å². The Balaban J connectivity index is 2.04. The van der Waals surface area contributed by atoms with Crippen molar-refractivity contribution in [2.24, 2.45) is 5.92 Å². The number of carbonyl (C=O) groups is 1. The Morgan fingerprint density at radius 1 is 1.35 bits per heavy atom. The van der Waals surface area contributed by atoms with Gasteiger partial charge in [0.05, 0.1) is 12.0 Å². The Bertz CT molecular complexity index is 633. The van der Waals surface area contributed by atoms with E-state index in [0.717, 1.165) is 44.5 Å². The predicted octanol–water partition coefficient (Wildman–Crippen LogP) is 3.51. The van der Waals surface area contributed by atoms with Gasteiger partial charge in [-0.15, -0.1) is 0 Å². The first-order chi connectivity index (χ1) is 12.4. The summed E-state index contributed by atoms with van der Waals surface area (Å²) in [5.74, 6) is 0.771. The van der Waals surface area contributed by atoms with Gasteiger partial charge in [0.2, 0.25) is 5.91 Å². The topological polar surface area (TPSA) is 84.7 Å². The maximum atomic E-state index is 12.1. The van der Waals surface area contributed by atoms with Gasteiger partial charge < -0.3 is 15.0 Å². The molecule has 0 aliphatic carbocycles. The molecule has 1 saturated heterocycles. The Labute approximate surface area is 154 Å². The van der Waals surface area contributed by atoms with E-state index in [-0.39, 0.29) is 23.4 Å². The predicted molar refractivity (Wildman–Crippen MR) is 102 cm³/mol. The number of amides is 1. The number of anilines is 1. The highest BCUT2D eigenvalue weighted by atomic mass is 16.6. The summed E-state index contributed by atoms with van der Waals surface area (Å²) >= 11 is 0. The third-order valence-electron chi connectivity index (χ3n) is 4.75. The second-order valence-corrected chi connectivity index (χ2v) is 7.18.